The summed E-state index contributed by atoms with van der Waals surface area (Å²) in [5.41, 5.74) is 3.83. The Balaban J connectivity index is 1.67. The predicted octanol–water partition coefficient (Wildman–Crippen LogP) is 4.00. The van der Waals surface area contributed by atoms with Crippen LogP contribution in [0.1, 0.15) is 20.8 Å². The van der Waals surface area contributed by atoms with Gasteiger partial charge in [-0.05, 0) is 47.8 Å². The molecule has 0 saturated carbocycles. The first kappa shape index (κ1) is 21.8. The van der Waals surface area contributed by atoms with Crippen LogP contribution >= 0.6 is 11.3 Å². The minimum Gasteiger partial charge on any atom is -0.298 e. The maximum atomic E-state index is 12.8. The Hall–Kier alpha value is -2.89. The van der Waals surface area contributed by atoms with E-state index in [2.05, 4.69) is 15.6 Å². The summed E-state index contributed by atoms with van der Waals surface area (Å²) >= 11 is 1.40. The third kappa shape index (κ3) is 5.59. The Kier molecular flexibility index (Phi) is 6.44. The Morgan fingerprint density at radius 1 is 1.00 bits per heavy atom. The zero-order valence-corrected chi connectivity index (χ0v) is 16.9. The molecule has 158 valence electrons. The van der Waals surface area contributed by atoms with Crippen molar-refractivity contribution < 1.29 is 26.4 Å². The number of hydrogen-bond acceptors (Lipinski definition) is 5. The highest BCUT2D eigenvalue weighted by Gasteiger charge is 2.30. The van der Waals surface area contributed by atoms with Crippen molar-refractivity contribution in [3.63, 3.8) is 0 Å². The summed E-state index contributed by atoms with van der Waals surface area (Å²) in [5.74, 6) is -0.706. The van der Waals surface area contributed by atoms with E-state index in [1.807, 2.05) is 5.38 Å². The molecule has 6 nitrogen and oxygen atoms in total. The first-order chi connectivity index (χ1) is 14.1. The van der Waals surface area contributed by atoms with E-state index < -0.39 is 27.7 Å². The van der Waals surface area contributed by atoms with Crippen LogP contribution in [0.2, 0.25) is 0 Å². The standard InChI is InChI=1S/C19H16F3N3O3S2/c20-19(21,22)14-5-2-6-15(11-14)24-25-18(26)13-4-1-8-17(10-13)30(27,28)23-12-16-7-3-9-29-16/h1-11,23-24H,12H2,(H,25,26). The minimum absolute atomic E-state index is 0.0217. The number of halogens is 3. The van der Waals surface area contributed by atoms with Gasteiger partial charge in [0.05, 0.1) is 16.1 Å². The lowest BCUT2D eigenvalue weighted by Gasteiger charge is -2.12. The van der Waals surface area contributed by atoms with Crippen molar-refractivity contribution in [3.05, 3.63) is 82.0 Å². The number of rotatable bonds is 7. The number of alkyl halides is 3. The second kappa shape index (κ2) is 8.86. The van der Waals surface area contributed by atoms with Crippen LogP contribution in [0.4, 0.5) is 18.9 Å². The maximum absolute atomic E-state index is 12.8. The van der Waals surface area contributed by atoms with Gasteiger partial charge >= 0.3 is 6.18 Å². The van der Waals surface area contributed by atoms with Gasteiger partial charge in [-0.25, -0.2) is 13.1 Å². The molecule has 1 aromatic heterocycles. The monoisotopic (exact) mass is 455 g/mol. The van der Waals surface area contributed by atoms with Gasteiger partial charge in [0, 0.05) is 17.0 Å². The maximum Gasteiger partial charge on any atom is 0.416 e. The van der Waals surface area contributed by atoms with Crippen LogP contribution in [0.25, 0.3) is 0 Å². The van der Waals surface area contributed by atoms with Crippen molar-refractivity contribution in [1.82, 2.24) is 10.1 Å². The molecule has 0 bridgehead atoms. The number of carbonyl (C=O) groups excluding carboxylic acids is 1. The molecule has 11 heteroatoms. The Morgan fingerprint density at radius 2 is 1.77 bits per heavy atom. The zero-order chi connectivity index (χ0) is 21.8. The number of nitrogens with one attached hydrogen (secondary N) is 3. The molecule has 0 saturated heterocycles. The van der Waals surface area contributed by atoms with Crippen LogP contribution in [-0.4, -0.2) is 14.3 Å². The smallest absolute Gasteiger partial charge is 0.298 e. The number of anilines is 1. The highest BCUT2D eigenvalue weighted by molar-refractivity contribution is 7.89. The molecule has 0 aliphatic carbocycles. The summed E-state index contributed by atoms with van der Waals surface area (Å²) in [4.78, 5) is 13.0. The number of thiophene rings is 1. The van der Waals surface area contributed by atoms with E-state index in [1.165, 1.54) is 47.7 Å². The van der Waals surface area contributed by atoms with E-state index in [1.54, 1.807) is 12.1 Å². The second-order valence-corrected chi connectivity index (χ2v) is 8.89. The number of benzene rings is 2. The van der Waals surface area contributed by atoms with Crippen LogP contribution in [0.15, 0.2) is 70.9 Å². The SMILES string of the molecule is O=C(NNc1cccc(C(F)(F)F)c1)c1cccc(S(=O)(=O)NCc2cccs2)c1. The van der Waals surface area contributed by atoms with E-state index in [0.717, 1.165) is 17.0 Å². The van der Waals surface area contributed by atoms with Gasteiger partial charge in [0.1, 0.15) is 0 Å². The first-order valence-electron chi connectivity index (χ1n) is 8.51. The van der Waals surface area contributed by atoms with Gasteiger partial charge in [0.15, 0.2) is 0 Å². The molecule has 0 spiro atoms. The van der Waals surface area contributed by atoms with Crippen molar-refractivity contribution in [2.75, 3.05) is 5.43 Å². The average Bonchev–Trinajstić information content (AvgIpc) is 3.24. The molecule has 0 radical (unpaired) electrons. The lowest BCUT2D eigenvalue weighted by Crippen LogP contribution is -2.30. The molecule has 0 fully saturated rings. The fraction of sp³-hybridized carbons (Fsp3) is 0.105. The van der Waals surface area contributed by atoms with Gasteiger partial charge in [-0.15, -0.1) is 11.3 Å². The normalized spacial score (nSPS) is 11.8. The van der Waals surface area contributed by atoms with Crippen molar-refractivity contribution >= 4 is 33.0 Å². The van der Waals surface area contributed by atoms with Crippen LogP contribution in [-0.2, 0) is 22.7 Å². The highest BCUT2D eigenvalue weighted by Crippen LogP contribution is 2.30. The lowest BCUT2D eigenvalue weighted by molar-refractivity contribution is -0.137. The van der Waals surface area contributed by atoms with Crippen molar-refractivity contribution in [2.24, 2.45) is 0 Å². The van der Waals surface area contributed by atoms with Crippen LogP contribution in [0.5, 0.6) is 0 Å². The van der Waals surface area contributed by atoms with E-state index >= 15 is 0 Å². The molecule has 2 aromatic carbocycles. The molecular formula is C19H16F3N3O3S2. The summed E-state index contributed by atoms with van der Waals surface area (Å²) in [7, 11) is -3.85. The van der Waals surface area contributed by atoms with E-state index in [0.29, 0.717) is 0 Å². The fourth-order valence-corrected chi connectivity index (χ4v) is 4.23. The summed E-state index contributed by atoms with van der Waals surface area (Å²) in [6.07, 6.45) is -4.51. The quantitative estimate of drug-likeness (QED) is 0.470. The first-order valence-corrected chi connectivity index (χ1v) is 10.9. The molecule has 1 heterocycles. The van der Waals surface area contributed by atoms with Gasteiger partial charge in [-0.1, -0.05) is 18.2 Å². The Bertz CT molecular complexity index is 1130. The molecule has 3 N–H and O–H groups in total. The topological polar surface area (TPSA) is 87.3 Å². The van der Waals surface area contributed by atoms with Crippen molar-refractivity contribution in [3.8, 4) is 0 Å². The van der Waals surface area contributed by atoms with Gasteiger partial charge in [0.2, 0.25) is 10.0 Å². The van der Waals surface area contributed by atoms with E-state index in [-0.39, 0.29) is 22.7 Å². The third-order valence-electron chi connectivity index (χ3n) is 3.93. The van der Waals surface area contributed by atoms with Crippen molar-refractivity contribution in [2.45, 2.75) is 17.6 Å². The van der Waals surface area contributed by atoms with Crippen LogP contribution in [0.3, 0.4) is 0 Å². The minimum atomic E-state index is -4.51. The molecule has 1 amide bonds. The van der Waals surface area contributed by atoms with Gasteiger partial charge in [-0.2, -0.15) is 13.2 Å². The summed E-state index contributed by atoms with van der Waals surface area (Å²) < 4.78 is 65.6. The Morgan fingerprint density at radius 3 is 2.47 bits per heavy atom. The number of sulfonamides is 1. The number of hydrazine groups is 1. The molecule has 30 heavy (non-hydrogen) atoms. The Labute approximate surface area is 174 Å². The van der Waals surface area contributed by atoms with Crippen LogP contribution in [0, 0.1) is 0 Å². The summed E-state index contributed by atoms with van der Waals surface area (Å²) in [5, 5.41) is 1.83. The van der Waals surface area contributed by atoms with Crippen LogP contribution < -0.4 is 15.6 Å². The van der Waals surface area contributed by atoms with Gasteiger partial charge in [-0.3, -0.25) is 15.6 Å². The fourth-order valence-electron chi connectivity index (χ4n) is 2.44. The average molecular weight is 455 g/mol. The number of amides is 1. The largest absolute Gasteiger partial charge is 0.416 e. The molecule has 0 aliphatic heterocycles. The number of carbonyl (C=O) groups is 1. The van der Waals surface area contributed by atoms with E-state index in [9.17, 15) is 26.4 Å². The lowest BCUT2D eigenvalue weighted by atomic mass is 10.2. The molecule has 3 rings (SSSR count). The van der Waals surface area contributed by atoms with Crippen molar-refractivity contribution in [1.29, 1.82) is 0 Å². The molecule has 0 atom stereocenters. The molecule has 3 aromatic rings. The second-order valence-electron chi connectivity index (χ2n) is 6.09. The molecule has 0 unspecified atom stereocenters. The third-order valence-corrected chi connectivity index (χ3v) is 6.21. The molecular weight excluding hydrogens is 439 g/mol. The number of hydrogen-bond donors (Lipinski definition) is 3. The summed E-state index contributed by atoms with van der Waals surface area (Å²) in [6, 6.07) is 13.2. The zero-order valence-electron chi connectivity index (χ0n) is 15.2. The van der Waals surface area contributed by atoms with E-state index in [4.69, 9.17) is 0 Å². The predicted molar refractivity (Wildman–Crippen MR) is 107 cm³/mol. The van der Waals surface area contributed by atoms with Gasteiger partial charge in [0.25, 0.3) is 5.91 Å². The van der Waals surface area contributed by atoms with Gasteiger partial charge < -0.3 is 0 Å². The summed E-state index contributed by atoms with van der Waals surface area (Å²) in [6.45, 7) is 0.119. The highest BCUT2D eigenvalue weighted by atomic mass is 32.2. The molecule has 0 aliphatic rings.